The van der Waals surface area contributed by atoms with Gasteiger partial charge in [-0.2, -0.15) is 0 Å². The van der Waals surface area contributed by atoms with Crippen LogP contribution in [0.15, 0.2) is 18.2 Å². The van der Waals surface area contributed by atoms with Crippen LogP contribution >= 0.6 is 0 Å². The molecule has 0 spiro atoms. The van der Waals surface area contributed by atoms with Gasteiger partial charge in [0.05, 0.1) is 0 Å². The molecule has 0 aromatic heterocycles. The van der Waals surface area contributed by atoms with Gasteiger partial charge in [0.2, 0.25) is 0 Å². The largest absolute Gasteiger partial charge is 0.352 e. The van der Waals surface area contributed by atoms with Crippen molar-refractivity contribution in [1.29, 1.82) is 0 Å². The molecule has 1 aliphatic rings. The summed E-state index contributed by atoms with van der Waals surface area (Å²) in [6, 6.07) is 2.84. The molecule has 2 rings (SSSR count). The summed E-state index contributed by atoms with van der Waals surface area (Å²) in [4.78, 5) is 11.9. The lowest BCUT2D eigenvalue weighted by molar-refractivity contribution is 0.0934. The Labute approximate surface area is 117 Å². The zero-order chi connectivity index (χ0) is 14.5. The van der Waals surface area contributed by atoms with Crippen molar-refractivity contribution in [2.45, 2.75) is 25.7 Å². The topological polar surface area (TPSA) is 55.1 Å². The van der Waals surface area contributed by atoms with Crippen LogP contribution in [0.5, 0.6) is 0 Å². The van der Waals surface area contributed by atoms with E-state index in [4.69, 9.17) is 5.73 Å². The second-order valence-electron chi connectivity index (χ2n) is 5.41. The molecule has 1 fully saturated rings. The fraction of sp³-hybridized carbons (Fsp3) is 0.533. The molecular weight excluding hydrogens is 262 g/mol. The average molecular weight is 282 g/mol. The van der Waals surface area contributed by atoms with Gasteiger partial charge in [-0.15, -0.1) is 0 Å². The Hall–Kier alpha value is -1.49. The third kappa shape index (κ3) is 3.76. The first-order valence-corrected chi connectivity index (χ1v) is 7.04. The molecule has 0 saturated heterocycles. The van der Waals surface area contributed by atoms with Gasteiger partial charge in [-0.3, -0.25) is 4.79 Å². The maximum atomic E-state index is 13.1. The first-order chi connectivity index (χ1) is 9.60. The number of benzene rings is 1. The van der Waals surface area contributed by atoms with Crippen LogP contribution < -0.4 is 11.1 Å². The number of hydrogen-bond donors (Lipinski definition) is 2. The molecule has 0 aliphatic heterocycles. The van der Waals surface area contributed by atoms with Gasteiger partial charge in [0.1, 0.15) is 11.6 Å². The van der Waals surface area contributed by atoms with Gasteiger partial charge in [-0.1, -0.05) is 12.8 Å². The van der Waals surface area contributed by atoms with E-state index in [1.54, 1.807) is 0 Å². The summed E-state index contributed by atoms with van der Waals surface area (Å²) in [6.07, 6.45) is 4.46. The first kappa shape index (κ1) is 14.9. The highest BCUT2D eigenvalue weighted by atomic mass is 19.1. The van der Waals surface area contributed by atoms with E-state index >= 15 is 0 Å². The molecule has 1 aromatic carbocycles. The Morgan fingerprint density at radius 2 is 1.75 bits per heavy atom. The summed E-state index contributed by atoms with van der Waals surface area (Å²) in [6.45, 7) is 1.13. The average Bonchev–Trinajstić information content (AvgIpc) is 2.44. The zero-order valence-electron chi connectivity index (χ0n) is 11.4. The number of rotatable bonds is 4. The predicted molar refractivity (Wildman–Crippen MR) is 73.2 cm³/mol. The van der Waals surface area contributed by atoms with E-state index in [1.807, 2.05) is 0 Å². The van der Waals surface area contributed by atoms with E-state index in [9.17, 15) is 13.6 Å². The van der Waals surface area contributed by atoms with Gasteiger partial charge >= 0.3 is 0 Å². The fourth-order valence-corrected chi connectivity index (χ4v) is 2.87. The van der Waals surface area contributed by atoms with E-state index in [0.717, 1.165) is 37.5 Å². The number of carbonyl (C=O) groups excluding carboxylic acids is 1. The lowest BCUT2D eigenvalue weighted by Crippen LogP contribution is -2.37. The minimum absolute atomic E-state index is 0.0163. The predicted octanol–water partition coefficient (Wildman–Crippen LogP) is 2.46. The molecule has 1 saturated carbocycles. The van der Waals surface area contributed by atoms with Gasteiger partial charge in [-0.25, -0.2) is 8.78 Å². The standard InChI is InChI=1S/C15H20F2N2O/c16-13-5-12(6-14(17)7-13)15(20)19-9-11-4-2-1-3-10(11)8-18/h5-7,10-11H,1-4,8-9,18H2,(H,19,20). The minimum Gasteiger partial charge on any atom is -0.352 e. The Kier molecular flexibility index (Phi) is 5.06. The smallest absolute Gasteiger partial charge is 0.251 e. The van der Waals surface area contributed by atoms with Gasteiger partial charge in [0, 0.05) is 18.2 Å². The minimum atomic E-state index is -0.743. The molecule has 3 N–H and O–H groups in total. The van der Waals surface area contributed by atoms with Crippen molar-refractivity contribution in [3.05, 3.63) is 35.4 Å². The summed E-state index contributed by atoms with van der Waals surface area (Å²) in [5, 5.41) is 2.76. The van der Waals surface area contributed by atoms with Gasteiger partial charge in [-0.05, 0) is 43.4 Å². The monoisotopic (exact) mass is 282 g/mol. The molecule has 110 valence electrons. The molecule has 1 aliphatic carbocycles. The Morgan fingerprint density at radius 3 is 2.35 bits per heavy atom. The number of hydrogen-bond acceptors (Lipinski definition) is 2. The molecule has 1 amide bonds. The number of carbonyl (C=O) groups is 1. The van der Waals surface area contributed by atoms with Crippen LogP contribution in [0.25, 0.3) is 0 Å². The normalized spacial score (nSPS) is 22.6. The lowest BCUT2D eigenvalue weighted by Gasteiger charge is -2.30. The highest BCUT2D eigenvalue weighted by Crippen LogP contribution is 2.28. The van der Waals surface area contributed by atoms with Crippen LogP contribution in [0.2, 0.25) is 0 Å². The van der Waals surface area contributed by atoms with Crippen LogP contribution in [0.1, 0.15) is 36.0 Å². The van der Waals surface area contributed by atoms with Crippen molar-refractivity contribution in [3.63, 3.8) is 0 Å². The number of nitrogens with two attached hydrogens (primary N) is 1. The number of nitrogens with one attached hydrogen (secondary N) is 1. The summed E-state index contributed by atoms with van der Waals surface area (Å²) in [5.41, 5.74) is 5.76. The lowest BCUT2D eigenvalue weighted by atomic mass is 9.79. The molecule has 3 nitrogen and oxygen atoms in total. The third-order valence-corrected chi connectivity index (χ3v) is 4.02. The highest BCUT2D eigenvalue weighted by molar-refractivity contribution is 5.94. The Morgan fingerprint density at radius 1 is 1.15 bits per heavy atom. The molecule has 1 aromatic rings. The summed E-state index contributed by atoms with van der Waals surface area (Å²) >= 11 is 0. The van der Waals surface area contributed by atoms with Gasteiger partial charge < -0.3 is 11.1 Å². The van der Waals surface area contributed by atoms with E-state index in [0.29, 0.717) is 24.9 Å². The second kappa shape index (κ2) is 6.79. The van der Waals surface area contributed by atoms with Crippen LogP contribution in [0.3, 0.4) is 0 Å². The number of amides is 1. The Balaban J connectivity index is 1.94. The van der Waals surface area contributed by atoms with E-state index in [-0.39, 0.29) is 5.56 Å². The summed E-state index contributed by atoms with van der Waals surface area (Å²) in [7, 11) is 0. The van der Waals surface area contributed by atoms with E-state index in [1.165, 1.54) is 6.42 Å². The number of halogens is 2. The van der Waals surface area contributed by atoms with Crippen molar-refractivity contribution in [2.75, 3.05) is 13.1 Å². The first-order valence-electron chi connectivity index (χ1n) is 7.04. The van der Waals surface area contributed by atoms with Gasteiger partial charge in [0.15, 0.2) is 0 Å². The van der Waals surface area contributed by atoms with E-state index in [2.05, 4.69) is 5.32 Å². The quantitative estimate of drug-likeness (QED) is 0.891. The van der Waals surface area contributed by atoms with Crippen LogP contribution in [0, 0.1) is 23.5 Å². The van der Waals surface area contributed by atoms with Gasteiger partial charge in [0.25, 0.3) is 5.91 Å². The van der Waals surface area contributed by atoms with Crippen molar-refractivity contribution in [1.82, 2.24) is 5.32 Å². The Bertz CT molecular complexity index is 459. The second-order valence-corrected chi connectivity index (χ2v) is 5.41. The third-order valence-electron chi connectivity index (χ3n) is 4.02. The summed E-state index contributed by atoms with van der Waals surface area (Å²) in [5.74, 6) is -1.14. The van der Waals surface area contributed by atoms with Crippen LogP contribution in [0.4, 0.5) is 8.78 Å². The van der Waals surface area contributed by atoms with Crippen molar-refractivity contribution in [2.24, 2.45) is 17.6 Å². The fourth-order valence-electron chi connectivity index (χ4n) is 2.87. The molecular formula is C15H20F2N2O. The molecule has 0 bridgehead atoms. The van der Waals surface area contributed by atoms with Crippen molar-refractivity contribution >= 4 is 5.91 Å². The van der Waals surface area contributed by atoms with E-state index < -0.39 is 17.5 Å². The zero-order valence-corrected chi connectivity index (χ0v) is 11.4. The molecule has 2 unspecified atom stereocenters. The van der Waals surface area contributed by atoms with Crippen LogP contribution in [-0.2, 0) is 0 Å². The molecule has 2 atom stereocenters. The maximum Gasteiger partial charge on any atom is 0.251 e. The van der Waals surface area contributed by atoms with Crippen molar-refractivity contribution in [3.8, 4) is 0 Å². The van der Waals surface area contributed by atoms with Crippen molar-refractivity contribution < 1.29 is 13.6 Å². The molecule has 5 heteroatoms. The molecule has 0 heterocycles. The maximum absolute atomic E-state index is 13.1. The SMILES string of the molecule is NCC1CCCCC1CNC(=O)c1cc(F)cc(F)c1. The molecule has 0 radical (unpaired) electrons. The highest BCUT2D eigenvalue weighted by Gasteiger charge is 2.24. The summed E-state index contributed by atoms with van der Waals surface area (Å²) < 4.78 is 26.1. The van der Waals surface area contributed by atoms with Crippen LogP contribution in [-0.4, -0.2) is 19.0 Å². The molecule has 20 heavy (non-hydrogen) atoms.